The van der Waals surface area contributed by atoms with Crippen molar-refractivity contribution in [2.24, 2.45) is 0 Å². The van der Waals surface area contributed by atoms with E-state index < -0.39 is 0 Å². The number of tetrazole rings is 1. The first kappa shape index (κ1) is 18.4. The molecule has 0 aliphatic carbocycles. The van der Waals surface area contributed by atoms with Gasteiger partial charge < -0.3 is 14.6 Å². The summed E-state index contributed by atoms with van der Waals surface area (Å²) in [4.78, 5) is 17.5. The summed E-state index contributed by atoms with van der Waals surface area (Å²) in [5.41, 5.74) is 2.71. The molecule has 8 nitrogen and oxygen atoms in total. The number of fused-ring (bicyclic) bond motifs is 1. The van der Waals surface area contributed by atoms with Crippen molar-refractivity contribution in [2.75, 3.05) is 19.7 Å². The summed E-state index contributed by atoms with van der Waals surface area (Å²) in [6.45, 7) is 5.53. The number of ether oxygens (including phenoxy) is 1. The molecule has 2 aliphatic rings. The number of aryl methyl sites for hydroxylation is 1. The summed E-state index contributed by atoms with van der Waals surface area (Å²) in [5.74, 6) is 0.759. The van der Waals surface area contributed by atoms with E-state index in [9.17, 15) is 4.79 Å². The van der Waals surface area contributed by atoms with Crippen LogP contribution in [0.3, 0.4) is 0 Å². The fourth-order valence-electron chi connectivity index (χ4n) is 4.75. The minimum Gasteiger partial charge on any atom is -0.376 e. The average molecular weight is 395 g/mol. The third-order valence-corrected chi connectivity index (χ3v) is 6.21. The van der Waals surface area contributed by atoms with Crippen LogP contribution in [0, 0.1) is 6.92 Å². The van der Waals surface area contributed by atoms with Crippen LogP contribution in [0.25, 0.3) is 10.9 Å². The lowest BCUT2D eigenvalue weighted by molar-refractivity contribution is -0.914. The number of aromatic nitrogens is 5. The SMILES string of the molecule is Cc1ccc2[nH]c(=O)c([C@H](c3nnnn3C[C@@H]3CCCO3)[NH+]3CCCC3)cc2c1. The average Bonchev–Trinajstić information content (AvgIpc) is 3.47. The molecular weight excluding hydrogens is 368 g/mol. The number of likely N-dealkylation sites (tertiary alicyclic amines) is 1. The molecule has 4 heterocycles. The fourth-order valence-corrected chi connectivity index (χ4v) is 4.75. The van der Waals surface area contributed by atoms with Gasteiger partial charge in [0.15, 0.2) is 6.04 Å². The second-order valence-corrected chi connectivity index (χ2v) is 8.30. The zero-order chi connectivity index (χ0) is 19.8. The van der Waals surface area contributed by atoms with Gasteiger partial charge in [0, 0.05) is 25.0 Å². The molecule has 29 heavy (non-hydrogen) atoms. The fraction of sp³-hybridized carbons (Fsp3) is 0.524. The number of hydrogen-bond acceptors (Lipinski definition) is 5. The number of nitrogens with zero attached hydrogens (tertiary/aromatic N) is 4. The zero-order valence-electron chi connectivity index (χ0n) is 16.7. The van der Waals surface area contributed by atoms with Gasteiger partial charge in [-0.1, -0.05) is 11.6 Å². The molecule has 1 aromatic carbocycles. The first-order valence-electron chi connectivity index (χ1n) is 10.5. The van der Waals surface area contributed by atoms with E-state index in [0.29, 0.717) is 6.54 Å². The maximum absolute atomic E-state index is 13.1. The van der Waals surface area contributed by atoms with Gasteiger partial charge >= 0.3 is 0 Å². The van der Waals surface area contributed by atoms with Crippen molar-refractivity contribution in [2.45, 2.75) is 51.3 Å². The molecule has 0 bridgehead atoms. The molecule has 2 fully saturated rings. The Hall–Kier alpha value is -2.58. The molecule has 2 aliphatic heterocycles. The molecule has 8 heteroatoms. The highest BCUT2D eigenvalue weighted by molar-refractivity contribution is 5.79. The Bertz CT molecular complexity index is 1060. The van der Waals surface area contributed by atoms with Gasteiger partial charge in [0.1, 0.15) is 0 Å². The van der Waals surface area contributed by atoms with Crippen molar-refractivity contribution >= 4 is 10.9 Å². The molecule has 0 spiro atoms. The monoisotopic (exact) mass is 395 g/mol. The quantitative estimate of drug-likeness (QED) is 0.666. The molecule has 152 valence electrons. The summed E-state index contributed by atoms with van der Waals surface area (Å²) >= 11 is 0. The van der Waals surface area contributed by atoms with Crippen LogP contribution in [-0.4, -0.2) is 51.0 Å². The lowest BCUT2D eigenvalue weighted by Gasteiger charge is -2.24. The van der Waals surface area contributed by atoms with Crippen molar-refractivity contribution in [3.63, 3.8) is 0 Å². The molecule has 5 rings (SSSR count). The molecule has 0 radical (unpaired) electrons. The minimum absolute atomic E-state index is 0.0579. The van der Waals surface area contributed by atoms with Gasteiger partial charge in [-0.2, -0.15) is 0 Å². The number of aromatic amines is 1. The molecule has 2 saturated heterocycles. The number of pyridine rings is 1. The highest BCUT2D eigenvalue weighted by atomic mass is 16.5. The largest absolute Gasteiger partial charge is 0.376 e. The van der Waals surface area contributed by atoms with E-state index >= 15 is 0 Å². The van der Waals surface area contributed by atoms with Crippen molar-refractivity contribution in [1.29, 1.82) is 0 Å². The lowest BCUT2D eigenvalue weighted by atomic mass is 10.0. The highest BCUT2D eigenvalue weighted by Crippen LogP contribution is 2.21. The topological polar surface area (TPSA) is 90.1 Å². The number of nitrogens with one attached hydrogen (secondary N) is 2. The van der Waals surface area contributed by atoms with Gasteiger partial charge in [-0.15, -0.1) is 5.10 Å². The van der Waals surface area contributed by atoms with Crippen LogP contribution >= 0.6 is 0 Å². The standard InChI is InChI=1S/C21H26N6O2/c1-14-6-7-18-15(11-14)12-17(21(28)22-18)19(26-8-2-3-9-26)20-23-24-25-27(20)13-16-5-4-10-29-16/h6-7,11-12,16,19H,2-5,8-10,13H2,1H3,(H,22,28)/p+1/t16-,19+/m0/s1. The van der Waals surface area contributed by atoms with Crippen LogP contribution in [0.1, 0.15) is 48.7 Å². The second-order valence-electron chi connectivity index (χ2n) is 8.30. The number of hydrogen-bond donors (Lipinski definition) is 2. The van der Waals surface area contributed by atoms with Gasteiger partial charge in [-0.05, 0) is 53.8 Å². The molecule has 3 aromatic rings. The van der Waals surface area contributed by atoms with Crippen LogP contribution in [0.2, 0.25) is 0 Å². The van der Waals surface area contributed by atoms with Crippen LogP contribution < -0.4 is 10.5 Å². The molecular formula is C21H27N6O2+. The third kappa shape index (κ3) is 3.58. The first-order valence-corrected chi connectivity index (χ1v) is 10.5. The molecule has 0 unspecified atom stereocenters. The molecule has 2 N–H and O–H groups in total. The Morgan fingerprint density at radius 2 is 2.14 bits per heavy atom. The summed E-state index contributed by atoms with van der Waals surface area (Å²) < 4.78 is 7.65. The number of rotatable bonds is 5. The second kappa shape index (κ2) is 7.68. The van der Waals surface area contributed by atoms with Crippen LogP contribution in [0.4, 0.5) is 0 Å². The molecule has 2 atom stereocenters. The minimum atomic E-state index is -0.178. The van der Waals surface area contributed by atoms with E-state index in [1.165, 1.54) is 10.5 Å². The Kier molecular flexibility index (Phi) is 4.89. The molecule has 2 aromatic heterocycles. The van der Waals surface area contributed by atoms with Gasteiger partial charge in [0.25, 0.3) is 5.56 Å². The van der Waals surface area contributed by atoms with Gasteiger partial charge in [-0.3, -0.25) is 4.79 Å². The van der Waals surface area contributed by atoms with Crippen molar-refractivity contribution in [3.05, 3.63) is 51.6 Å². The normalized spacial score (nSPS) is 21.2. The Morgan fingerprint density at radius 3 is 2.93 bits per heavy atom. The van der Waals surface area contributed by atoms with Crippen LogP contribution in [0.5, 0.6) is 0 Å². The van der Waals surface area contributed by atoms with E-state index in [1.807, 2.05) is 22.9 Å². The number of quaternary nitrogens is 1. The maximum Gasteiger partial charge on any atom is 0.258 e. The maximum atomic E-state index is 13.1. The Labute approximate surface area is 168 Å². The van der Waals surface area contributed by atoms with E-state index in [4.69, 9.17) is 4.74 Å². The first-order chi connectivity index (χ1) is 14.2. The van der Waals surface area contributed by atoms with Gasteiger partial charge in [0.2, 0.25) is 5.82 Å². The third-order valence-electron chi connectivity index (χ3n) is 6.21. The molecule has 0 amide bonds. The Morgan fingerprint density at radius 1 is 1.28 bits per heavy atom. The Balaban J connectivity index is 1.60. The van der Waals surface area contributed by atoms with E-state index in [-0.39, 0.29) is 17.7 Å². The molecule has 0 saturated carbocycles. The summed E-state index contributed by atoms with van der Waals surface area (Å²) in [7, 11) is 0. The van der Waals surface area contributed by atoms with Crippen molar-refractivity contribution < 1.29 is 9.64 Å². The summed E-state index contributed by atoms with van der Waals surface area (Å²) in [6.07, 6.45) is 4.56. The summed E-state index contributed by atoms with van der Waals surface area (Å²) in [6, 6.07) is 7.95. The van der Waals surface area contributed by atoms with Crippen molar-refractivity contribution in [3.8, 4) is 0 Å². The smallest absolute Gasteiger partial charge is 0.258 e. The van der Waals surface area contributed by atoms with Crippen LogP contribution in [0.15, 0.2) is 29.1 Å². The summed E-state index contributed by atoms with van der Waals surface area (Å²) in [5, 5.41) is 13.7. The highest BCUT2D eigenvalue weighted by Gasteiger charge is 2.36. The van der Waals surface area contributed by atoms with Gasteiger partial charge in [-0.25, -0.2) is 4.68 Å². The van der Waals surface area contributed by atoms with E-state index in [0.717, 1.165) is 67.7 Å². The number of benzene rings is 1. The van der Waals surface area contributed by atoms with E-state index in [2.05, 4.69) is 33.5 Å². The lowest BCUT2D eigenvalue weighted by Crippen LogP contribution is -3.10. The van der Waals surface area contributed by atoms with E-state index in [1.54, 1.807) is 0 Å². The predicted molar refractivity (Wildman–Crippen MR) is 108 cm³/mol. The van der Waals surface area contributed by atoms with Crippen molar-refractivity contribution in [1.82, 2.24) is 25.2 Å². The number of H-pyrrole nitrogens is 1. The predicted octanol–water partition coefficient (Wildman–Crippen LogP) is 0.770. The van der Waals surface area contributed by atoms with Gasteiger partial charge in [0.05, 0.1) is 31.3 Å². The van der Waals surface area contributed by atoms with Crippen LogP contribution in [-0.2, 0) is 11.3 Å². The zero-order valence-corrected chi connectivity index (χ0v) is 16.7.